The zero-order chi connectivity index (χ0) is 14.7. The van der Waals surface area contributed by atoms with Crippen LogP contribution in [0, 0.1) is 6.92 Å². The van der Waals surface area contributed by atoms with Crippen LogP contribution in [0.5, 0.6) is 11.5 Å². The maximum absolute atomic E-state index is 6.62. The maximum Gasteiger partial charge on any atom is 0.124 e. The zero-order valence-electron chi connectivity index (χ0n) is 11.6. The van der Waals surface area contributed by atoms with Gasteiger partial charge < -0.3 is 9.47 Å². The van der Waals surface area contributed by atoms with Crippen molar-refractivity contribution in [3.8, 4) is 11.5 Å². The van der Waals surface area contributed by atoms with Gasteiger partial charge in [0, 0.05) is 16.1 Å². The Kier molecular flexibility index (Phi) is 4.79. The molecular weight excluding hydrogens is 295 g/mol. The number of methoxy groups -OCH3 is 2. The molecule has 1 unspecified atom stereocenters. The molecule has 4 heteroatoms. The van der Waals surface area contributed by atoms with Gasteiger partial charge >= 0.3 is 0 Å². The Morgan fingerprint density at radius 3 is 2.05 bits per heavy atom. The first-order valence-electron chi connectivity index (χ1n) is 6.19. The van der Waals surface area contributed by atoms with Crippen LogP contribution < -0.4 is 9.47 Å². The van der Waals surface area contributed by atoms with Crippen LogP contribution in [0.25, 0.3) is 0 Å². The average Bonchev–Trinajstić information content (AvgIpc) is 2.46. The van der Waals surface area contributed by atoms with E-state index in [-0.39, 0.29) is 0 Å². The normalized spacial score (nSPS) is 12.1. The highest BCUT2D eigenvalue weighted by atomic mass is 35.5. The summed E-state index contributed by atoms with van der Waals surface area (Å²) in [4.78, 5) is 0. The van der Waals surface area contributed by atoms with E-state index in [9.17, 15) is 0 Å². The molecule has 0 aromatic heterocycles. The van der Waals surface area contributed by atoms with Crippen molar-refractivity contribution in [1.29, 1.82) is 0 Å². The van der Waals surface area contributed by atoms with Gasteiger partial charge in [0.05, 0.1) is 19.6 Å². The van der Waals surface area contributed by atoms with Crippen LogP contribution in [0.3, 0.4) is 0 Å². The van der Waals surface area contributed by atoms with Crippen LogP contribution in [-0.4, -0.2) is 14.2 Å². The second-order valence-corrected chi connectivity index (χ2v) is 5.37. The predicted octanol–water partition coefficient (Wildman–Crippen LogP) is 4.99. The van der Waals surface area contributed by atoms with Gasteiger partial charge in [-0.15, -0.1) is 11.6 Å². The van der Waals surface area contributed by atoms with Crippen LogP contribution in [0.4, 0.5) is 0 Å². The summed E-state index contributed by atoms with van der Waals surface area (Å²) in [7, 11) is 3.25. The van der Waals surface area contributed by atoms with Gasteiger partial charge in [0.2, 0.25) is 0 Å². The lowest BCUT2D eigenvalue weighted by molar-refractivity contribution is 0.404. The van der Waals surface area contributed by atoms with E-state index < -0.39 is 5.38 Å². The molecule has 1 atom stereocenters. The lowest BCUT2D eigenvalue weighted by atomic mass is 10.0. The molecule has 0 aliphatic heterocycles. The van der Waals surface area contributed by atoms with E-state index in [1.165, 1.54) is 0 Å². The van der Waals surface area contributed by atoms with E-state index in [0.29, 0.717) is 10.8 Å². The number of rotatable bonds is 4. The standard InChI is InChI=1S/C16H16Cl2O2/c1-10-4-6-14(19-2)12(8-10)16(18)13-9-11(17)5-7-15(13)20-3/h4-9,16H,1-3H3. The van der Waals surface area contributed by atoms with E-state index in [1.54, 1.807) is 20.3 Å². The van der Waals surface area contributed by atoms with Crippen molar-refractivity contribution < 1.29 is 9.47 Å². The maximum atomic E-state index is 6.62. The summed E-state index contributed by atoms with van der Waals surface area (Å²) >= 11 is 12.7. The molecule has 0 aliphatic carbocycles. The number of benzene rings is 2. The smallest absolute Gasteiger partial charge is 0.124 e. The number of hydrogen-bond donors (Lipinski definition) is 0. The summed E-state index contributed by atoms with van der Waals surface area (Å²) in [6, 6.07) is 11.3. The number of hydrogen-bond acceptors (Lipinski definition) is 2. The molecule has 0 spiro atoms. The average molecular weight is 311 g/mol. The molecule has 106 valence electrons. The van der Waals surface area contributed by atoms with Gasteiger partial charge in [0.15, 0.2) is 0 Å². The molecule has 20 heavy (non-hydrogen) atoms. The fourth-order valence-corrected chi connectivity index (χ4v) is 2.64. The molecule has 2 aromatic carbocycles. The third-order valence-corrected chi connectivity index (χ3v) is 3.83. The first-order valence-corrected chi connectivity index (χ1v) is 7.00. The number of ether oxygens (including phenoxy) is 2. The van der Waals surface area contributed by atoms with E-state index in [2.05, 4.69) is 0 Å². The summed E-state index contributed by atoms with van der Waals surface area (Å²) in [6.07, 6.45) is 0. The molecule has 2 aromatic rings. The second-order valence-electron chi connectivity index (χ2n) is 4.49. The second kappa shape index (κ2) is 6.38. The van der Waals surface area contributed by atoms with Crippen LogP contribution in [0.15, 0.2) is 36.4 Å². The summed E-state index contributed by atoms with van der Waals surface area (Å²) in [6.45, 7) is 2.02. The number of alkyl halides is 1. The Bertz CT molecular complexity index is 558. The molecular formula is C16H16Cl2O2. The largest absolute Gasteiger partial charge is 0.496 e. The molecule has 2 nitrogen and oxygen atoms in total. The molecule has 0 saturated carbocycles. The van der Waals surface area contributed by atoms with E-state index in [4.69, 9.17) is 32.7 Å². The van der Waals surface area contributed by atoms with E-state index in [0.717, 1.165) is 22.4 Å². The topological polar surface area (TPSA) is 18.5 Å². The highest BCUT2D eigenvalue weighted by Gasteiger charge is 2.20. The van der Waals surface area contributed by atoms with Gasteiger partial charge in [-0.3, -0.25) is 0 Å². The Morgan fingerprint density at radius 1 is 0.900 bits per heavy atom. The highest BCUT2D eigenvalue weighted by Crippen LogP contribution is 2.40. The van der Waals surface area contributed by atoms with E-state index >= 15 is 0 Å². The summed E-state index contributed by atoms with van der Waals surface area (Å²) in [5.41, 5.74) is 2.84. The van der Waals surface area contributed by atoms with Crippen LogP contribution in [-0.2, 0) is 0 Å². The van der Waals surface area contributed by atoms with Crippen molar-refractivity contribution in [2.24, 2.45) is 0 Å². The summed E-state index contributed by atoms with van der Waals surface area (Å²) < 4.78 is 10.8. The minimum atomic E-state index is -0.390. The van der Waals surface area contributed by atoms with Crippen molar-refractivity contribution in [3.05, 3.63) is 58.1 Å². The Hall–Kier alpha value is -1.38. The number of halogens is 2. The number of aryl methyl sites for hydroxylation is 1. The first kappa shape index (κ1) is 15.0. The zero-order valence-corrected chi connectivity index (χ0v) is 13.1. The molecule has 2 rings (SSSR count). The van der Waals surface area contributed by atoms with Gasteiger partial charge in [-0.25, -0.2) is 0 Å². The fourth-order valence-electron chi connectivity index (χ4n) is 2.12. The molecule has 0 aliphatic rings. The van der Waals surface area contributed by atoms with Crippen molar-refractivity contribution in [3.63, 3.8) is 0 Å². The van der Waals surface area contributed by atoms with Crippen LogP contribution in [0.2, 0.25) is 5.02 Å². The molecule has 0 N–H and O–H groups in total. The Labute approximate surface area is 129 Å². The lowest BCUT2D eigenvalue weighted by Gasteiger charge is -2.18. The predicted molar refractivity (Wildman–Crippen MR) is 83.4 cm³/mol. The fraction of sp³-hybridized carbons (Fsp3) is 0.250. The SMILES string of the molecule is COc1ccc(C)cc1C(Cl)c1cc(Cl)ccc1OC. The monoisotopic (exact) mass is 310 g/mol. The summed E-state index contributed by atoms with van der Waals surface area (Å²) in [5, 5.41) is 0.233. The third-order valence-electron chi connectivity index (χ3n) is 3.12. The molecule has 0 bridgehead atoms. The Morgan fingerprint density at radius 2 is 1.45 bits per heavy atom. The highest BCUT2D eigenvalue weighted by molar-refractivity contribution is 6.31. The molecule has 0 amide bonds. The van der Waals surface area contributed by atoms with Gasteiger partial charge in [-0.2, -0.15) is 0 Å². The summed E-state index contributed by atoms with van der Waals surface area (Å²) in [5.74, 6) is 1.45. The molecule has 0 radical (unpaired) electrons. The third kappa shape index (κ3) is 3.02. The first-order chi connectivity index (χ1) is 9.56. The van der Waals surface area contributed by atoms with Crippen molar-refractivity contribution in [2.75, 3.05) is 14.2 Å². The minimum Gasteiger partial charge on any atom is -0.496 e. The van der Waals surface area contributed by atoms with Crippen LogP contribution in [0.1, 0.15) is 22.1 Å². The quantitative estimate of drug-likeness (QED) is 0.740. The van der Waals surface area contributed by atoms with Gasteiger partial charge in [-0.05, 0) is 31.2 Å². The lowest BCUT2D eigenvalue weighted by Crippen LogP contribution is -2.00. The van der Waals surface area contributed by atoms with Crippen molar-refractivity contribution in [1.82, 2.24) is 0 Å². The Balaban J connectivity index is 2.53. The minimum absolute atomic E-state index is 0.390. The van der Waals surface area contributed by atoms with Crippen molar-refractivity contribution >= 4 is 23.2 Å². The van der Waals surface area contributed by atoms with Gasteiger partial charge in [-0.1, -0.05) is 29.3 Å². The van der Waals surface area contributed by atoms with Gasteiger partial charge in [0.1, 0.15) is 11.5 Å². The molecule has 0 fully saturated rings. The van der Waals surface area contributed by atoms with Crippen molar-refractivity contribution in [2.45, 2.75) is 12.3 Å². The molecule has 0 saturated heterocycles. The molecule has 0 heterocycles. The van der Waals surface area contributed by atoms with Gasteiger partial charge in [0.25, 0.3) is 0 Å². The van der Waals surface area contributed by atoms with E-state index in [1.807, 2.05) is 37.3 Å². The van der Waals surface area contributed by atoms with Crippen LogP contribution >= 0.6 is 23.2 Å².